The number of nitrogens with one attached hydrogen (secondary N) is 1. The van der Waals surface area contributed by atoms with Gasteiger partial charge in [-0.15, -0.1) is 11.3 Å². The van der Waals surface area contributed by atoms with Crippen LogP contribution >= 0.6 is 11.3 Å². The molecule has 4 nitrogen and oxygen atoms in total. The van der Waals surface area contributed by atoms with Gasteiger partial charge in [0.2, 0.25) is 0 Å². The van der Waals surface area contributed by atoms with Crippen molar-refractivity contribution in [3.05, 3.63) is 17.3 Å². The molecule has 1 saturated heterocycles. The second kappa shape index (κ2) is 4.48. The quantitative estimate of drug-likeness (QED) is 0.855. The molecule has 0 bridgehead atoms. The Kier molecular flexibility index (Phi) is 2.95. The van der Waals surface area contributed by atoms with Crippen molar-refractivity contribution >= 4 is 27.4 Å². The van der Waals surface area contributed by atoms with Crippen molar-refractivity contribution in [2.75, 3.05) is 18.0 Å². The molecule has 0 amide bonds. The molecule has 2 aromatic heterocycles. The van der Waals surface area contributed by atoms with E-state index in [0.29, 0.717) is 12.1 Å². The highest BCUT2D eigenvalue weighted by atomic mass is 32.1. The molecule has 18 heavy (non-hydrogen) atoms. The van der Waals surface area contributed by atoms with Crippen LogP contribution in [0.3, 0.4) is 0 Å². The molecule has 0 aromatic carbocycles. The number of aryl methyl sites for hydroxylation is 1. The minimum absolute atomic E-state index is 0.500. The Morgan fingerprint density at radius 2 is 2.00 bits per heavy atom. The first kappa shape index (κ1) is 11.9. The standard InChI is InChI=1S/C13H18N4S/c1-8-6-18-12-11(8)14-7-15-13(12)17-4-9(2)16-10(3)5-17/h6-7,9-10,16H,4-5H2,1-3H3. The third-order valence-corrected chi connectivity index (χ3v) is 4.45. The summed E-state index contributed by atoms with van der Waals surface area (Å²) in [6.07, 6.45) is 1.69. The van der Waals surface area contributed by atoms with E-state index < -0.39 is 0 Å². The molecule has 1 N–H and O–H groups in total. The van der Waals surface area contributed by atoms with Crippen LogP contribution in [0.5, 0.6) is 0 Å². The van der Waals surface area contributed by atoms with E-state index in [-0.39, 0.29) is 0 Å². The van der Waals surface area contributed by atoms with Crippen LogP contribution in [0.4, 0.5) is 5.82 Å². The van der Waals surface area contributed by atoms with Crippen LogP contribution in [-0.4, -0.2) is 35.1 Å². The minimum Gasteiger partial charge on any atom is -0.352 e. The fourth-order valence-corrected chi connectivity index (χ4v) is 3.70. The lowest BCUT2D eigenvalue weighted by atomic mass is 10.1. The fourth-order valence-electron chi connectivity index (χ4n) is 2.68. The molecule has 2 aromatic rings. The van der Waals surface area contributed by atoms with Crippen LogP contribution < -0.4 is 10.2 Å². The maximum absolute atomic E-state index is 4.51. The Labute approximate surface area is 111 Å². The molecular weight excluding hydrogens is 244 g/mol. The molecule has 0 spiro atoms. The van der Waals surface area contributed by atoms with Crippen molar-refractivity contribution in [1.82, 2.24) is 15.3 Å². The summed E-state index contributed by atoms with van der Waals surface area (Å²) in [6.45, 7) is 8.57. The molecule has 0 radical (unpaired) electrons. The summed E-state index contributed by atoms with van der Waals surface area (Å²) < 4.78 is 1.22. The molecule has 1 fully saturated rings. The van der Waals surface area contributed by atoms with Gasteiger partial charge >= 0.3 is 0 Å². The monoisotopic (exact) mass is 262 g/mol. The van der Waals surface area contributed by atoms with Crippen molar-refractivity contribution in [2.45, 2.75) is 32.9 Å². The Morgan fingerprint density at radius 1 is 1.28 bits per heavy atom. The first-order valence-electron chi connectivity index (χ1n) is 6.35. The van der Waals surface area contributed by atoms with E-state index in [0.717, 1.165) is 24.4 Å². The summed E-state index contributed by atoms with van der Waals surface area (Å²) in [7, 11) is 0. The molecule has 2 unspecified atom stereocenters. The number of fused-ring (bicyclic) bond motifs is 1. The van der Waals surface area contributed by atoms with E-state index in [4.69, 9.17) is 0 Å². The largest absolute Gasteiger partial charge is 0.352 e. The third kappa shape index (κ3) is 1.97. The Bertz CT molecular complexity index is 555. The summed E-state index contributed by atoms with van der Waals surface area (Å²) >= 11 is 1.75. The van der Waals surface area contributed by atoms with Crippen molar-refractivity contribution < 1.29 is 0 Å². The molecule has 2 atom stereocenters. The normalized spacial score (nSPS) is 24.7. The van der Waals surface area contributed by atoms with Crippen LogP contribution in [0.25, 0.3) is 10.2 Å². The van der Waals surface area contributed by atoms with Gasteiger partial charge in [-0.05, 0) is 31.7 Å². The molecule has 1 aliphatic rings. The lowest BCUT2D eigenvalue weighted by Crippen LogP contribution is -2.54. The summed E-state index contributed by atoms with van der Waals surface area (Å²) in [5, 5.41) is 5.72. The average Bonchev–Trinajstić information content (AvgIpc) is 2.70. The lowest BCUT2D eigenvalue weighted by molar-refractivity contribution is 0.406. The topological polar surface area (TPSA) is 41.0 Å². The average molecular weight is 262 g/mol. The van der Waals surface area contributed by atoms with Crippen molar-refractivity contribution in [3.8, 4) is 0 Å². The minimum atomic E-state index is 0.500. The summed E-state index contributed by atoms with van der Waals surface area (Å²) in [4.78, 5) is 11.3. The zero-order valence-corrected chi connectivity index (χ0v) is 11.8. The third-order valence-electron chi connectivity index (χ3n) is 3.37. The number of hydrogen-bond donors (Lipinski definition) is 1. The van der Waals surface area contributed by atoms with Crippen LogP contribution in [0, 0.1) is 6.92 Å². The van der Waals surface area contributed by atoms with Gasteiger partial charge in [-0.25, -0.2) is 9.97 Å². The SMILES string of the molecule is Cc1csc2c(N3CC(C)NC(C)C3)ncnc12. The van der Waals surface area contributed by atoms with Crippen molar-refractivity contribution in [2.24, 2.45) is 0 Å². The molecule has 96 valence electrons. The molecule has 3 heterocycles. The highest BCUT2D eigenvalue weighted by Crippen LogP contribution is 2.31. The predicted octanol–water partition coefficient (Wildman–Crippen LogP) is 2.19. The van der Waals surface area contributed by atoms with Gasteiger partial charge in [-0.2, -0.15) is 0 Å². The van der Waals surface area contributed by atoms with E-state index in [2.05, 4.69) is 46.3 Å². The van der Waals surface area contributed by atoms with Gasteiger partial charge in [0.15, 0.2) is 0 Å². The first-order chi connectivity index (χ1) is 8.65. The zero-order valence-electron chi connectivity index (χ0n) is 11.0. The van der Waals surface area contributed by atoms with Gasteiger partial charge in [0.25, 0.3) is 0 Å². The van der Waals surface area contributed by atoms with Gasteiger partial charge in [0, 0.05) is 25.2 Å². The number of nitrogens with zero attached hydrogens (tertiary/aromatic N) is 3. The molecule has 0 aliphatic carbocycles. The van der Waals surface area contributed by atoms with Crippen LogP contribution in [0.2, 0.25) is 0 Å². The smallest absolute Gasteiger partial charge is 0.150 e. The van der Waals surface area contributed by atoms with E-state index in [1.807, 2.05) is 0 Å². The van der Waals surface area contributed by atoms with E-state index in [9.17, 15) is 0 Å². The summed E-state index contributed by atoms with van der Waals surface area (Å²) in [5.41, 5.74) is 2.35. The van der Waals surface area contributed by atoms with Gasteiger partial charge in [0.05, 0.1) is 10.2 Å². The van der Waals surface area contributed by atoms with Gasteiger partial charge in [-0.1, -0.05) is 0 Å². The number of anilines is 1. The van der Waals surface area contributed by atoms with Crippen molar-refractivity contribution in [3.63, 3.8) is 0 Å². The van der Waals surface area contributed by atoms with E-state index in [1.54, 1.807) is 17.7 Å². The highest BCUT2D eigenvalue weighted by molar-refractivity contribution is 7.18. The van der Waals surface area contributed by atoms with Gasteiger partial charge < -0.3 is 10.2 Å². The van der Waals surface area contributed by atoms with E-state index in [1.165, 1.54) is 10.3 Å². The van der Waals surface area contributed by atoms with Gasteiger partial charge in [0.1, 0.15) is 12.1 Å². The summed E-state index contributed by atoms with van der Waals surface area (Å²) in [6, 6.07) is 1.000. The predicted molar refractivity (Wildman–Crippen MR) is 76.4 cm³/mol. The number of hydrogen-bond acceptors (Lipinski definition) is 5. The number of aromatic nitrogens is 2. The second-order valence-corrected chi connectivity index (χ2v) is 6.05. The van der Waals surface area contributed by atoms with Crippen LogP contribution in [0.15, 0.2) is 11.7 Å². The lowest BCUT2D eigenvalue weighted by Gasteiger charge is -2.36. The number of rotatable bonds is 1. The molecule has 3 rings (SSSR count). The first-order valence-corrected chi connectivity index (χ1v) is 7.23. The molecular formula is C13H18N4S. The van der Waals surface area contributed by atoms with Crippen LogP contribution in [-0.2, 0) is 0 Å². The molecule has 5 heteroatoms. The number of piperazine rings is 1. The number of thiophene rings is 1. The Hall–Kier alpha value is -1.20. The zero-order chi connectivity index (χ0) is 12.7. The molecule has 0 saturated carbocycles. The van der Waals surface area contributed by atoms with Gasteiger partial charge in [-0.3, -0.25) is 0 Å². The maximum Gasteiger partial charge on any atom is 0.150 e. The molecule has 1 aliphatic heterocycles. The fraction of sp³-hybridized carbons (Fsp3) is 0.538. The second-order valence-electron chi connectivity index (χ2n) is 5.17. The van der Waals surface area contributed by atoms with E-state index >= 15 is 0 Å². The Balaban J connectivity index is 2.03. The Morgan fingerprint density at radius 3 is 2.72 bits per heavy atom. The summed E-state index contributed by atoms with van der Waals surface area (Å²) in [5.74, 6) is 1.10. The van der Waals surface area contributed by atoms with Crippen molar-refractivity contribution in [1.29, 1.82) is 0 Å². The van der Waals surface area contributed by atoms with Crippen LogP contribution in [0.1, 0.15) is 19.4 Å². The maximum atomic E-state index is 4.51. The highest BCUT2D eigenvalue weighted by Gasteiger charge is 2.24.